The second-order valence-electron chi connectivity index (χ2n) is 4.08. The highest BCUT2D eigenvalue weighted by atomic mass is 15.1. The van der Waals surface area contributed by atoms with Crippen LogP contribution in [0.3, 0.4) is 0 Å². The zero-order valence-corrected chi connectivity index (χ0v) is 9.96. The minimum Gasteiger partial charge on any atom is -0.381 e. The zero-order valence-electron chi connectivity index (χ0n) is 9.96. The summed E-state index contributed by atoms with van der Waals surface area (Å²) in [5, 5.41) is 10.6. The number of benzene rings is 1. The molecular formula is C13H17N3. The first-order valence-electron chi connectivity index (χ1n) is 5.48. The van der Waals surface area contributed by atoms with Crippen LogP contribution in [0.25, 0.3) is 0 Å². The summed E-state index contributed by atoms with van der Waals surface area (Å²) in [4.78, 5) is 0. The molecule has 0 saturated carbocycles. The molecular weight excluding hydrogens is 198 g/mol. The average molecular weight is 215 g/mol. The maximum absolute atomic E-state index is 4.19. The van der Waals surface area contributed by atoms with Crippen molar-refractivity contribution in [2.45, 2.75) is 27.3 Å². The Kier molecular flexibility index (Phi) is 2.95. The molecule has 1 heterocycles. The molecule has 2 aromatic rings. The fourth-order valence-corrected chi connectivity index (χ4v) is 1.79. The average Bonchev–Trinajstić information content (AvgIpc) is 2.58. The van der Waals surface area contributed by atoms with Gasteiger partial charge in [-0.05, 0) is 32.4 Å². The maximum Gasteiger partial charge on any atom is 0.0643 e. The lowest BCUT2D eigenvalue weighted by Gasteiger charge is -2.09. The number of H-pyrrole nitrogens is 1. The van der Waals surface area contributed by atoms with Gasteiger partial charge in [0.05, 0.1) is 5.69 Å². The molecule has 84 valence electrons. The smallest absolute Gasteiger partial charge is 0.0643 e. The Morgan fingerprint density at radius 1 is 1.19 bits per heavy atom. The standard InChI is InChI=1S/C13H17N3/c1-9-6-4-5-7-13(9)14-8-12-10(2)15-16-11(12)3/h4-7,14H,8H2,1-3H3,(H,15,16). The van der Waals surface area contributed by atoms with Gasteiger partial charge in [0.15, 0.2) is 0 Å². The van der Waals surface area contributed by atoms with Crippen LogP contribution in [0.5, 0.6) is 0 Å². The number of anilines is 1. The number of aromatic amines is 1. The molecule has 2 rings (SSSR count). The Bertz CT molecular complexity index is 466. The monoisotopic (exact) mass is 215 g/mol. The van der Waals surface area contributed by atoms with E-state index in [4.69, 9.17) is 0 Å². The predicted octanol–water partition coefficient (Wildman–Crippen LogP) is 2.95. The highest BCUT2D eigenvalue weighted by Gasteiger charge is 2.05. The van der Waals surface area contributed by atoms with Crippen LogP contribution in [0.4, 0.5) is 5.69 Å². The molecule has 1 aromatic carbocycles. The summed E-state index contributed by atoms with van der Waals surface area (Å²) in [5.74, 6) is 0. The Morgan fingerprint density at radius 2 is 1.94 bits per heavy atom. The van der Waals surface area contributed by atoms with E-state index >= 15 is 0 Å². The van der Waals surface area contributed by atoms with Crippen molar-refractivity contribution in [2.75, 3.05) is 5.32 Å². The Labute approximate surface area is 95.9 Å². The number of hydrogen-bond acceptors (Lipinski definition) is 2. The van der Waals surface area contributed by atoms with Crippen LogP contribution in [0.1, 0.15) is 22.5 Å². The number of nitrogens with zero attached hydrogens (tertiary/aromatic N) is 1. The number of aryl methyl sites for hydroxylation is 3. The first-order chi connectivity index (χ1) is 7.68. The summed E-state index contributed by atoms with van der Waals surface area (Å²) in [6.07, 6.45) is 0. The van der Waals surface area contributed by atoms with E-state index in [1.54, 1.807) is 0 Å². The SMILES string of the molecule is Cc1ccccc1NCc1c(C)n[nH]c1C. The van der Waals surface area contributed by atoms with Crippen LogP contribution in [0.15, 0.2) is 24.3 Å². The molecule has 0 bridgehead atoms. The van der Waals surface area contributed by atoms with Gasteiger partial charge in [0.1, 0.15) is 0 Å². The lowest BCUT2D eigenvalue weighted by atomic mass is 10.1. The van der Waals surface area contributed by atoms with Gasteiger partial charge < -0.3 is 5.32 Å². The molecule has 0 spiro atoms. The first-order valence-corrected chi connectivity index (χ1v) is 5.48. The highest BCUT2D eigenvalue weighted by Crippen LogP contribution is 2.16. The third-order valence-corrected chi connectivity index (χ3v) is 2.88. The summed E-state index contributed by atoms with van der Waals surface area (Å²) in [6, 6.07) is 8.30. The largest absolute Gasteiger partial charge is 0.381 e. The third-order valence-electron chi connectivity index (χ3n) is 2.88. The second-order valence-corrected chi connectivity index (χ2v) is 4.08. The number of hydrogen-bond donors (Lipinski definition) is 2. The van der Waals surface area contributed by atoms with E-state index in [1.165, 1.54) is 16.8 Å². The topological polar surface area (TPSA) is 40.7 Å². The number of rotatable bonds is 3. The zero-order chi connectivity index (χ0) is 11.5. The van der Waals surface area contributed by atoms with Crippen molar-refractivity contribution < 1.29 is 0 Å². The van der Waals surface area contributed by atoms with Crippen LogP contribution in [-0.4, -0.2) is 10.2 Å². The van der Waals surface area contributed by atoms with E-state index in [0.29, 0.717) is 0 Å². The minimum atomic E-state index is 0.818. The second kappa shape index (κ2) is 4.39. The van der Waals surface area contributed by atoms with Gasteiger partial charge in [-0.15, -0.1) is 0 Å². The molecule has 0 aliphatic rings. The molecule has 0 amide bonds. The molecule has 3 nitrogen and oxygen atoms in total. The summed E-state index contributed by atoms with van der Waals surface area (Å²) in [5.41, 5.74) is 5.91. The molecule has 0 saturated heterocycles. The first kappa shape index (κ1) is 10.7. The van der Waals surface area contributed by atoms with Gasteiger partial charge in [0, 0.05) is 23.5 Å². The molecule has 3 heteroatoms. The number of nitrogens with one attached hydrogen (secondary N) is 2. The van der Waals surface area contributed by atoms with E-state index in [1.807, 2.05) is 13.0 Å². The van der Waals surface area contributed by atoms with E-state index < -0.39 is 0 Å². The Hall–Kier alpha value is -1.77. The van der Waals surface area contributed by atoms with Crippen molar-refractivity contribution >= 4 is 5.69 Å². The van der Waals surface area contributed by atoms with Crippen LogP contribution in [0, 0.1) is 20.8 Å². The van der Waals surface area contributed by atoms with Crippen LogP contribution < -0.4 is 5.32 Å². The molecule has 0 radical (unpaired) electrons. The van der Waals surface area contributed by atoms with Crippen LogP contribution in [-0.2, 0) is 6.54 Å². The van der Waals surface area contributed by atoms with Crippen molar-refractivity contribution in [3.63, 3.8) is 0 Å². The summed E-state index contributed by atoms with van der Waals surface area (Å²) in [6.45, 7) is 7.00. The van der Waals surface area contributed by atoms with E-state index in [2.05, 4.69) is 47.6 Å². The number of para-hydroxylation sites is 1. The van der Waals surface area contributed by atoms with Gasteiger partial charge in [-0.2, -0.15) is 5.10 Å². The summed E-state index contributed by atoms with van der Waals surface area (Å²) < 4.78 is 0. The lowest BCUT2D eigenvalue weighted by Crippen LogP contribution is -2.02. The molecule has 0 aliphatic heterocycles. The predicted molar refractivity (Wildman–Crippen MR) is 66.6 cm³/mol. The van der Waals surface area contributed by atoms with Crippen molar-refractivity contribution in [3.8, 4) is 0 Å². The fourth-order valence-electron chi connectivity index (χ4n) is 1.79. The quantitative estimate of drug-likeness (QED) is 0.826. The molecule has 0 atom stereocenters. The molecule has 16 heavy (non-hydrogen) atoms. The molecule has 0 unspecified atom stereocenters. The maximum atomic E-state index is 4.19. The van der Waals surface area contributed by atoms with Crippen molar-refractivity contribution in [2.24, 2.45) is 0 Å². The van der Waals surface area contributed by atoms with Gasteiger partial charge in [0.2, 0.25) is 0 Å². The molecule has 2 N–H and O–H groups in total. The number of aromatic nitrogens is 2. The summed E-state index contributed by atoms with van der Waals surface area (Å²) in [7, 11) is 0. The highest BCUT2D eigenvalue weighted by molar-refractivity contribution is 5.50. The van der Waals surface area contributed by atoms with Gasteiger partial charge in [-0.3, -0.25) is 5.10 Å². The lowest BCUT2D eigenvalue weighted by molar-refractivity contribution is 1.02. The fraction of sp³-hybridized carbons (Fsp3) is 0.308. The Morgan fingerprint density at radius 3 is 2.56 bits per heavy atom. The van der Waals surface area contributed by atoms with E-state index in [-0.39, 0.29) is 0 Å². The minimum absolute atomic E-state index is 0.818. The van der Waals surface area contributed by atoms with Crippen molar-refractivity contribution in [1.82, 2.24) is 10.2 Å². The van der Waals surface area contributed by atoms with Crippen molar-refractivity contribution in [3.05, 3.63) is 46.8 Å². The van der Waals surface area contributed by atoms with Crippen molar-refractivity contribution in [1.29, 1.82) is 0 Å². The van der Waals surface area contributed by atoms with Gasteiger partial charge in [0.25, 0.3) is 0 Å². The van der Waals surface area contributed by atoms with Gasteiger partial charge >= 0.3 is 0 Å². The van der Waals surface area contributed by atoms with E-state index in [9.17, 15) is 0 Å². The van der Waals surface area contributed by atoms with Gasteiger partial charge in [-0.25, -0.2) is 0 Å². The van der Waals surface area contributed by atoms with Gasteiger partial charge in [-0.1, -0.05) is 18.2 Å². The van der Waals surface area contributed by atoms with Crippen LogP contribution >= 0.6 is 0 Å². The summed E-state index contributed by atoms with van der Waals surface area (Å²) >= 11 is 0. The molecule has 1 aromatic heterocycles. The third kappa shape index (κ3) is 2.08. The molecule has 0 fully saturated rings. The van der Waals surface area contributed by atoms with Crippen LogP contribution in [0.2, 0.25) is 0 Å². The van der Waals surface area contributed by atoms with E-state index in [0.717, 1.165) is 17.9 Å². The Balaban J connectivity index is 2.11. The molecule has 0 aliphatic carbocycles. The normalized spacial score (nSPS) is 10.4.